The summed E-state index contributed by atoms with van der Waals surface area (Å²) in [7, 11) is 0. The number of hydrogen-bond donors (Lipinski definition) is 0. The van der Waals surface area contributed by atoms with E-state index in [0.717, 1.165) is 36.2 Å². The van der Waals surface area contributed by atoms with Gasteiger partial charge in [0, 0.05) is 0 Å². The second-order valence-electron chi connectivity index (χ2n) is 9.51. The molecule has 2 fully saturated rings. The summed E-state index contributed by atoms with van der Waals surface area (Å²) in [5.41, 5.74) is 1.12. The van der Waals surface area contributed by atoms with Crippen LogP contribution in [0.2, 0.25) is 0 Å². The highest BCUT2D eigenvalue weighted by Crippen LogP contribution is 2.40. The smallest absolute Gasteiger partial charge is 0.452 e. The molecule has 3 rings (SSSR count). The molecule has 2 saturated carbocycles. The molecule has 1 unspecified atom stereocenters. The lowest BCUT2D eigenvalue weighted by Gasteiger charge is -2.32. The Morgan fingerprint density at radius 3 is 1.73 bits per heavy atom. The molecule has 0 saturated heterocycles. The Kier molecular flexibility index (Phi) is 8.47. The first-order valence-corrected chi connectivity index (χ1v) is 11.8. The Labute approximate surface area is 178 Å². The summed E-state index contributed by atoms with van der Waals surface area (Å²) in [6.45, 7) is 2.29. The standard InChI is InChI=1S/C25H36F4O/c1-2-3-18-4-6-19(7-5-18)8-9-20-10-12-21(13-11-20)22-14-16-23(17-15-22)30-24(26)25(27,28)29/h14-21,24H,2-13H2,1H3/t18-,19-,20-,21-,24?. The molecule has 2 aliphatic rings. The molecule has 0 radical (unpaired) electrons. The van der Waals surface area contributed by atoms with Crippen LogP contribution in [0.3, 0.4) is 0 Å². The third-order valence-corrected chi connectivity index (χ3v) is 7.34. The summed E-state index contributed by atoms with van der Waals surface area (Å²) >= 11 is 0. The molecule has 170 valence electrons. The molecule has 1 nitrogen and oxygen atoms in total. The molecule has 0 N–H and O–H groups in total. The molecule has 30 heavy (non-hydrogen) atoms. The van der Waals surface area contributed by atoms with E-state index in [1.165, 1.54) is 76.3 Å². The van der Waals surface area contributed by atoms with Crippen molar-refractivity contribution in [2.24, 2.45) is 17.8 Å². The second kappa shape index (κ2) is 10.9. The van der Waals surface area contributed by atoms with Crippen LogP contribution < -0.4 is 4.74 Å². The van der Waals surface area contributed by atoms with Gasteiger partial charge in [0.05, 0.1) is 0 Å². The lowest BCUT2D eigenvalue weighted by Crippen LogP contribution is -2.29. The predicted octanol–water partition coefficient (Wildman–Crippen LogP) is 8.58. The molecule has 0 spiro atoms. The van der Waals surface area contributed by atoms with Crippen LogP contribution in [0.15, 0.2) is 24.3 Å². The summed E-state index contributed by atoms with van der Waals surface area (Å²) in [6, 6.07) is 6.49. The maximum absolute atomic E-state index is 13.0. The van der Waals surface area contributed by atoms with Gasteiger partial charge in [0.25, 0.3) is 0 Å². The average molecular weight is 429 g/mol. The number of halogens is 4. The fourth-order valence-corrected chi connectivity index (χ4v) is 5.48. The van der Waals surface area contributed by atoms with Crippen molar-refractivity contribution in [2.45, 2.75) is 102 Å². The minimum Gasteiger partial charge on any atom is -0.452 e. The van der Waals surface area contributed by atoms with E-state index in [1.54, 1.807) is 12.1 Å². The highest BCUT2D eigenvalue weighted by atomic mass is 19.4. The summed E-state index contributed by atoms with van der Waals surface area (Å²) in [4.78, 5) is 0. The largest absolute Gasteiger partial charge is 0.457 e. The molecule has 0 amide bonds. The van der Waals surface area contributed by atoms with E-state index in [-0.39, 0.29) is 5.75 Å². The quantitative estimate of drug-likeness (QED) is 0.377. The van der Waals surface area contributed by atoms with Crippen molar-refractivity contribution < 1.29 is 22.3 Å². The Morgan fingerprint density at radius 2 is 1.27 bits per heavy atom. The molecule has 0 aliphatic heterocycles. The number of ether oxygens (including phenoxy) is 1. The van der Waals surface area contributed by atoms with E-state index < -0.39 is 12.5 Å². The zero-order valence-corrected chi connectivity index (χ0v) is 18.1. The van der Waals surface area contributed by atoms with Crippen LogP contribution in [0.4, 0.5) is 17.6 Å². The van der Waals surface area contributed by atoms with Crippen LogP contribution in [0, 0.1) is 17.8 Å². The zero-order chi connectivity index (χ0) is 21.6. The first kappa shape index (κ1) is 23.4. The SMILES string of the molecule is CCC[C@H]1CC[C@H](CC[C@H]2CC[C@H](c3ccc(OC(F)C(F)(F)F)cc3)CC2)CC1. The van der Waals surface area contributed by atoms with Gasteiger partial charge in [0.1, 0.15) is 5.75 Å². The normalized spacial score (nSPS) is 28.8. The molecule has 2 aliphatic carbocycles. The van der Waals surface area contributed by atoms with Gasteiger partial charge in [-0.05, 0) is 67.1 Å². The third-order valence-electron chi connectivity index (χ3n) is 7.34. The summed E-state index contributed by atoms with van der Waals surface area (Å²) in [6.07, 6.45) is 7.58. The van der Waals surface area contributed by atoms with E-state index >= 15 is 0 Å². The van der Waals surface area contributed by atoms with Crippen molar-refractivity contribution in [3.8, 4) is 5.75 Å². The van der Waals surface area contributed by atoms with Gasteiger partial charge < -0.3 is 4.74 Å². The molecule has 1 aromatic carbocycles. The van der Waals surface area contributed by atoms with Crippen LogP contribution in [0.5, 0.6) is 5.75 Å². The van der Waals surface area contributed by atoms with Gasteiger partial charge in [-0.15, -0.1) is 0 Å². The maximum Gasteiger partial charge on any atom is 0.457 e. The van der Waals surface area contributed by atoms with E-state index in [0.29, 0.717) is 5.92 Å². The average Bonchev–Trinajstić information content (AvgIpc) is 2.74. The van der Waals surface area contributed by atoms with Crippen LogP contribution in [0.25, 0.3) is 0 Å². The second-order valence-corrected chi connectivity index (χ2v) is 9.51. The van der Waals surface area contributed by atoms with Gasteiger partial charge in [-0.2, -0.15) is 17.6 Å². The third kappa shape index (κ3) is 6.88. The van der Waals surface area contributed by atoms with E-state index in [4.69, 9.17) is 0 Å². The van der Waals surface area contributed by atoms with Crippen molar-refractivity contribution in [3.63, 3.8) is 0 Å². The molecule has 0 bridgehead atoms. The highest BCUT2D eigenvalue weighted by Gasteiger charge is 2.42. The van der Waals surface area contributed by atoms with Gasteiger partial charge in [0.2, 0.25) is 0 Å². The number of hydrogen-bond acceptors (Lipinski definition) is 1. The van der Waals surface area contributed by atoms with Crippen LogP contribution in [-0.4, -0.2) is 12.5 Å². The van der Waals surface area contributed by atoms with Crippen molar-refractivity contribution >= 4 is 0 Å². The van der Waals surface area contributed by atoms with E-state index in [2.05, 4.69) is 11.7 Å². The molecule has 1 aromatic rings. The van der Waals surface area contributed by atoms with E-state index in [9.17, 15) is 17.6 Å². The van der Waals surface area contributed by atoms with Crippen molar-refractivity contribution in [3.05, 3.63) is 29.8 Å². The highest BCUT2D eigenvalue weighted by molar-refractivity contribution is 5.29. The first-order chi connectivity index (χ1) is 14.3. The monoisotopic (exact) mass is 428 g/mol. The van der Waals surface area contributed by atoms with Crippen LogP contribution in [-0.2, 0) is 0 Å². The fraction of sp³-hybridized carbons (Fsp3) is 0.760. The van der Waals surface area contributed by atoms with Gasteiger partial charge >= 0.3 is 12.5 Å². The molecule has 5 heteroatoms. The molecule has 0 aromatic heterocycles. The number of alkyl halides is 4. The zero-order valence-electron chi connectivity index (χ0n) is 18.1. The molecular weight excluding hydrogens is 392 g/mol. The predicted molar refractivity (Wildman–Crippen MR) is 112 cm³/mol. The van der Waals surface area contributed by atoms with Crippen molar-refractivity contribution in [1.82, 2.24) is 0 Å². The molecule has 0 heterocycles. The summed E-state index contributed by atoms with van der Waals surface area (Å²) in [5.74, 6) is 3.09. The Hall–Kier alpha value is -1.26. The fourth-order valence-electron chi connectivity index (χ4n) is 5.48. The molecule has 1 atom stereocenters. The minimum absolute atomic E-state index is 0.0779. The van der Waals surface area contributed by atoms with Crippen molar-refractivity contribution in [2.75, 3.05) is 0 Å². The Balaban J connectivity index is 1.37. The van der Waals surface area contributed by atoms with Gasteiger partial charge in [-0.1, -0.05) is 70.4 Å². The Morgan fingerprint density at radius 1 is 0.800 bits per heavy atom. The topological polar surface area (TPSA) is 9.23 Å². The maximum atomic E-state index is 13.0. The lowest BCUT2D eigenvalue weighted by atomic mass is 9.74. The molecular formula is C25H36F4O. The lowest BCUT2D eigenvalue weighted by molar-refractivity contribution is -0.236. The van der Waals surface area contributed by atoms with E-state index in [1.807, 2.05) is 0 Å². The summed E-state index contributed by atoms with van der Waals surface area (Å²) in [5, 5.41) is 0. The van der Waals surface area contributed by atoms with Gasteiger partial charge in [-0.3, -0.25) is 0 Å². The summed E-state index contributed by atoms with van der Waals surface area (Å²) < 4.78 is 54.2. The van der Waals surface area contributed by atoms with Crippen molar-refractivity contribution in [1.29, 1.82) is 0 Å². The van der Waals surface area contributed by atoms with Gasteiger partial charge in [0.15, 0.2) is 0 Å². The van der Waals surface area contributed by atoms with Gasteiger partial charge in [-0.25, -0.2) is 0 Å². The first-order valence-electron chi connectivity index (χ1n) is 11.8. The number of benzene rings is 1. The van der Waals surface area contributed by atoms with Crippen LogP contribution >= 0.6 is 0 Å². The van der Waals surface area contributed by atoms with Crippen LogP contribution in [0.1, 0.15) is 95.5 Å². The Bertz CT molecular complexity index is 611. The number of rotatable bonds is 8. The minimum atomic E-state index is -4.99.